The normalized spacial score (nSPS) is 12.3. The zero-order valence-corrected chi connectivity index (χ0v) is 17.2. The number of nitrogens with one attached hydrogen (secondary N) is 1. The molecule has 0 aliphatic heterocycles. The summed E-state index contributed by atoms with van der Waals surface area (Å²) >= 11 is 0. The third-order valence-corrected chi connectivity index (χ3v) is 5.39. The van der Waals surface area contributed by atoms with Crippen molar-refractivity contribution in [3.05, 3.63) is 83.7 Å². The van der Waals surface area contributed by atoms with Crippen molar-refractivity contribution in [1.82, 2.24) is 14.6 Å². The first kappa shape index (κ1) is 20.7. The molecule has 0 saturated heterocycles. The number of anilines is 1. The third-order valence-electron chi connectivity index (χ3n) is 5.39. The quantitative estimate of drug-likeness (QED) is 0.410. The molecule has 2 aromatic heterocycles. The van der Waals surface area contributed by atoms with Crippen molar-refractivity contribution >= 4 is 17.2 Å². The molecule has 1 N–H and O–H groups in total. The molecule has 0 saturated carbocycles. The van der Waals surface area contributed by atoms with Crippen LogP contribution < -0.4 is 5.32 Å². The van der Waals surface area contributed by atoms with E-state index in [0.717, 1.165) is 10.9 Å². The van der Waals surface area contributed by atoms with Crippen molar-refractivity contribution < 1.29 is 13.6 Å². The summed E-state index contributed by atoms with van der Waals surface area (Å²) in [5.74, 6) is -0.0260. The lowest BCUT2D eigenvalue weighted by Gasteiger charge is -2.11. The summed E-state index contributed by atoms with van der Waals surface area (Å²) in [6.07, 6.45) is -0.473. The van der Waals surface area contributed by atoms with Crippen LogP contribution in [-0.4, -0.2) is 20.5 Å². The SMILES string of the molecule is CC[C@H](C)c1ccc(NC(=O)c2cnn3c(C(F)F)cc(-c4ccccc4)nc23)cc1. The minimum atomic E-state index is -2.77. The number of carbonyl (C=O) groups is 1. The number of hydrogen-bond acceptors (Lipinski definition) is 3. The van der Waals surface area contributed by atoms with E-state index in [1.165, 1.54) is 17.8 Å². The number of aromatic nitrogens is 3. The van der Waals surface area contributed by atoms with Crippen LogP contribution in [0.15, 0.2) is 66.9 Å². The van der Waals surface area contributed by atoms with Gasteiger partial charge in [0.25, 0.3) is 12.3 Å². The van der Waals surface area contributed by atoms with Crippen LogP contribution in [0.2, 0.25) is 0 Å². The van der Waals surface area contributed by atoms with Crippen LogP contribution in [0.5, 0.6) is 0 Å². The van der Waals surface area contributed by atoms with Gasteiger partial charge in [-0.1, -0.05) is 56.3 Å². The van der Waals surface area contributed by atoms with E-state index in [0.29, 0.717) is 22.9 Å². The van der Waals surface area contributed by atoms with Crippen molar-refractivity contribution in [3.8, 4) is 11.3 Å². The number of halogens is 2. The lowest BCUT2D eigenvalue weighted by molar-refractivity contribution is 0.102. The molecular formula is C24H22F2N4O. The van der Waals surface area contributed by atoms with Gasteiger partial charge < -0.3 is 5.32 Å². The predicted octanol–water partition coefficient (Wildman–Crippen LogP) is 6.10. The van der Waals surface area contributed by atoms with Gasteiger partial charge in [-0.25, -0.2) is 18.3 Å². The zero-order valence-electron chi connectivity index (χ0n) is 17.2. The van der Waals surface area contributed by atoms with Crippen LogP contribution in [0.4, 0.5) is 14.5 Å². The molecule has 1 amide bonds. The summed E-state index contributed by atoms with van der Waals surface area (Å²) in [5, 5.41) is 6.81. The van der Waals surface area contributed by atoms with E-state index in [2.05, 4.69) is 29.2 Å². The molecule has 1 atom stereocenters. The van der Waals surface area contributed by atoms with Crippen molar-refractivity contribution in [2.24, 2.45) is 0 Å². The molecule has 0 bridgehead atoms. The first-order chi connectivity index (χ1) is 15.0. The second-order valence-corrected chi connectivity index (χ2v) is 7.41. The molecule has 5 nitrogen and oxygen atoms in total. The Labute approximate surface area is 178 Å². The van der Waals surface area contributed by atoms with Gasteiger partial charge in [-0.15, -0.1) is 0 Å². The lowest BCUT2D eigenvalue weighted by Crippen LogP contribution is -2.13. The van der Waals surface area contributed by atoms with Gasteiger partial charge in [0.2, 0.25) is 0 Å². The molecule has 0 aliphatic carbocycles. The van der Waals surface area contributed by atoms with Gasteiger partial charge in [0.05, 0.1) is 11.9 Å². The Morgan fingerprint density at radius 3 is 2.45 bits per heavy atom. The summed E-state index contributed by atoms with van der Waals surface area (Å²) in [5.41, 5.74) is 2.74. The van der Waals surface area contributed by atoms with E-state index >= 15 is 0 Å². The smallest absolute Gasteiger partial charge is 0.280 e. The monoisotopic (exact) mass is 420 g/mol. The van der Waals surface area contributed by atoms with E-state index in [-0.39, 0.29) is 16.9 Å². The van der Waals surface area contributed by atoms with Gasteiger partial charge in [-0.2, -0.15) is 5.10 Å². The summed E-state index contributed by atoms with van der Waals surface area (Å²) in [4.78, 5) is 17.4. The molecule has 0 fully saturated rings. The Morgan fingerprint density at radius 1 is 1.10 bits per heavy atom. The van der Waals surface area contributed by atoms with Crippen LogP contribution in [0.3, 0.4) is 0 Å². The minimum absolute atomic E-state index is 0.0883. The van der Waals surface area contributed by atoms with Crippen LogP contribution in [-0.2, 0) is 0 Å². The molecule has 0 unspecified atom stereocenters. The van der Waals surface area contributed by atoms with Crippen molar-refractivity contribution in [2.75, 3.05) is 5.32 Å². The highest BCUT2D eigenvalue weighted by Gasteiger charge is 2.21. The number of amides is 1. The molecular weight excluding hydrogens is 398 g/mol. The summed E-state index contributed by atoms with van der Waals surface area (Å²) in [6.45, 7) is 4.26. The summed E-state index contributed by atoms with van der Waals surface area (Å²) in [7, 11) is 0. The topological polar surface area (TPSA) is 59.3 Å². The Bertz CT molecular complexity index is 1200. The predicted molar refractivity (Wildman–Crippen MR) is 116 cm³/mol. The summed E-state index contributed by atoms with van der Waals surface area (Å²) < 4.78 is 28.4. The highest BCUT2D eigenvalue weighted by atomic mass is 19.3. The number of alkyl halides is 2. The number of nitrogens with zero attached hydrogens (tertiary/aromatic N) is 3. The maximum absolute atomic E-state index is 13.7. The molecule has 0 spiro atoms. The van der Waals surface area contributed by atoms with Crippen molar-refractivity contribution in [1.29, 1.82) is 0 Å². The van der Waals surface area contributed by atoms with Crippen LogP contribution in [0.25, 0.3) is 16.9 Å². The van der Waals surface area contributed by atoms with Gasteiger partial charge in [0.1, 0.15) is 11.3 Å². The first-order valence-corrected chi connectivity index (χ1v) is 10.1. The Balaban J connectivity index is 1.70. The van der Waals surface area contributed by atoms with Gasteiger partial charge in [0.15, 0.2) is 5.65 Å². The molecule has 4 aromatic rings. The molecule has 0 aliphatic rings. The average molecular weight is 420 g/mol. The second-order valence-electron chi connectivity index (χ2n) is 7.41. The van der Waals surface area contributed by atoms with Crippen molar-refractivity contribution in [3.63, 3.8) is 0 Å². The fraction of sp³-hybridized carbons (Fsp3) is 0.208. The zero-order chi connectivity index (χ0) is 22.0. The lowest BCUT2D eigenvalue weighted by atomic mass is 9.99. The standard InChI is InChI=1S/C24H22F2N4O/c1-3-15(2)16-9-11-18(12-10-16)28-24(31)19-14-27-30-21(22(25)26)13-20(29-23(19)30)17-7-5-4-6-8-17/h4-15,22H,3H2,1-2H3,(H,28,31)/t15-/m0/s1. The molecule has 7 heteroatoms. The average Bonchev–Trinajstić information content (AvgIpc) is 3.23. The number of hydrogen-bond donors (Lipinski definition) is 1. The Kier molecular flexibility index (Phi) is 5.75. The number of fused-ring (bicyclic) bond motifs is 1. The largest absolute Gasteiger partial charge is 0.322 e. The van der Waals surface area contributed by atoms with E-state index in [1.807, 2.05) is 30.3 Å². The minimum Gasteiger partial charge on any atom is -0.322 e. The van der Waals surface area contributed by atoms with E-state index in [1.54, 1.807) is 24.3 Å². The van der Waals surface area contributed by atoms with E-state index in [9.17, 15) is 13.6 Å². The van der Waals surface area contributed by atoms with Crippen molar-refractivity contribution in [2.45, 2.75) is 32.6 Å². The molecule has 0 radical (unpaired) electrons. The van der Waals surface area contributed by atoms with Gasteiger partial charge >= 0.3 is 0 Å². The van der Waals surface area contributed by atoms with E-state index in [4.69, 9.17) is 0 Å². The fourth-order valence-corrected chi connectivity index (χ4v) is 3.39. The van der Waals surface area contributed by atoms with Gasteiger partial charge in [0, 0.05) is 11.3 Å². The van der Waals surface area contributed by atoms with Crippen LogP contribution >= 0.6 is 0 Å². The molecule has 2 heterocycles. The molecule has 158 valence electrons. The van der Waals surface area contributed by atoms with Gasteiger partial charge in [-0.05, 0) is 36.1 Å². The highest BCUT2D eigenvalue weighted by Crippen LogP contribution is 2.27. The number of benzene rings is 2. The second kappa shape index (κ2) is 8.63. The number of rotatable bonds is 6. The maximum Gasteiger partial charge on any atom is 0.280 e. The van der Waals surface area contributed by atoms with Crippen LogP contribution in [0, 0.1) is 0 Å². The third kappa shape index (κ3) is 4.17. The maximum atomic E-state index is 13.7. The van der Waals surface area contributed by atoms with E-state index < -0.39 is 12.3 Å². The first-order valence-electron chi connectivity index (χ1n) is 10.1. The Hall–Kier alpha value is -3.61. The number of carbonyl (C=O) groups excluding carboxylic acids is 1. The fourth-order valence-electron chi connectivity index (χ4n) is 3.39. The molecule has 2 aromatic carbocycles. The molecule has 4 rings (SSSR count). The van der Waals surface area contributed by atoms with Gasteiger partial charge in [-0.3, -0.25) is 4.79 Å². The summed E-state index contributed by atoms with van der Waals surface area (Å²) in [6, 6.07) is 17.9. The highest BCUT2D eigenvalue weighted by molar-refractivity contribution is 6.08. The van der Waals surface area contributed by atoms with Crippen LogP contribution in [0.1, 0.15) is 54.2 Å². The Morgan fingerprint density at radius 2 is 1.81 bits per heavy atom. The molecule has 31 heavy (non-hydrogen) atoms.